The monoisotopic (exact) mass is 354 g/mol. The Hall–Kier alpha value is -3.18. The molecule has 2 aromatic heterocycles. The maximum absolute atomic E-state index is 12.7. The van der Waals surface area contributed by atoms with E-state index in [0.29, 0.717) is 17.1 Å². The van der Waals surface area contributed by atoms with Gasteiger partial charge in [-0.25, -0.2) is 22.9 Å². The number of nitrogens with one attached hydrogen (secondary N) is 1. The molecule has 0 atom stereocenters. The summed E-state index contributed by atoms with van der Waals surface area (Å²) < 4.78 is 24.2. The minimum atomic E-state index is -3.35. The van der Waals surface area contributed by atoms with Crippen molar-refractivity contribution in [2.45, 2.75) is 11.8 Å². The van der Waals surface area contributed by atoms with Crippen molar-refractivity contribution >= 4 is 15.5 Å². The number of benzene rings is 1. The normalized spacial score (nSPS) is 11.2. The van der Waals surface area contributed by atoms with Crippen molar-refractivity contribution in [3.05, 3.63) is 70.1 Å². The van der Waals surface area contributed by atoms with Crippen molar-refractivity contribution < 1.29 is 8.42 Å². The van der Waals surface area contributed by atoms with Crippen LogP contribution in [-0.4, -0.2) is 29.4 Å². The summed E-state index contributed by atoms with van der Waals surface area (Å²) in [4.78, 5) is 20.2. The third-order valence-corrected chi connectivity index (χ3v) is 4.88. The lowest BCUT2D eigenvalue weighted by Crippen LogP contribution is -2.17. The molecule has 0 saturated heterocycles. The summed E-state index contributed by atoms with van der Waals surface area (Å²) in [5, 5.41) is 2.83. The SMILES string of the molecule is [C-]#[N+]c1ccc(-c2c[nH]n(-c3ccc(S(C)(=O)=O)cn3)c2=O)c(C)c1. The summed E-state index contributed by atoms with van der Waals surface area (Å²) >= 11 is 0. The molecule has 8 heteroatoms. The Bertz CT molecular complexity index is 1150. The van der Waals surface area contributed by atoms with E-state index in [1.165, 1.54) is 23.0 Å². The zero-order valence-corrected chi connectivity index (χ0v) is 14.3. The van der Waals surface area contributed by atoms with Crippen LogP contribution in [0.1, 0.15) is 5.56 Å². The third-order valence-electron chi connectivity index (χ3n) is 3.78. The van der Waals surface area contributed by atoms with Gasteiger partial charge in [0.15, 0.2) is 21.3 Å². The average Bonchev–Trinajstić information content (AvgIpc) is 2.95. The summed E-state index contributed by atoms with van der Waals surface area (Å²) in [6.45, 7) is 8.87. The summed E-state index contributed by atoms with van der Waals surface area (Å²) in [7, 11) is -3.35. The van der Waals surface area contributed by atoms with E-state index < -0.39 is 9.84 Å². The second kappa shape index (κ2) is 6.03. The van der Waals surface area contributed by atoms with Gasteiger partial charge in [0.2, 0.25) is 0 Å². The number of hydrogen-bond donors (Lipinski definition) is 1. The largest absolute Gasteiger partial charge is 0.296 e. The highest BCUT2D eigenvalue weighted by Crippen LogP contribution is 2.25. The number of aryl methyl sites for hydroxylation is 1. The summed E-state index contributed by atoms with van der Waals surface area (Å²) in [6.07, 6.45) is 3.87. The van der Waals surface area contributed by atoms with Crippen LogP contribution in [0.4, 0.5) is 5.69 Å². The number of pyridine rings is 1. The molecule has 0 aliphatic carbocycles. The smallest absolute Gasteiger partial charge is 0.280 e. The number of aromatic amines is 1. The number of rotatable bonds is 3. The van der Waals surface area contributed by atoms with Gasteiger partial charge in [0.1, 0.15) is 0 Å². The fourth-order valence-corrected chi connectivity index (χ4v) is 3.04. The lowest BCUT2D eigenvalue weighted by molar-refractivity contribution is 0.601. The first-order valence-electron chi connectivity index (χ1n) is 7.26. The average molecular weight is 354 g/mol. The minimum absolute atomic E-state index is 0.0849. The molecule has 0 radical (unpaired) electrons. The molecule has 126 valence electrons. The molecule has 0 amide bonds. The van der Waals surface area contributed by atoms with Crippen LogP contribution >= 0.6 is 0 Å². The van der Waals surface area contributed by atoms with E-state index in [0.717, 1.165) is 17.4 Å². The summed E-state index contributed by atoms with van der Waals surface area (Å²) in [6, 6.07) is 7.98. The van der Waals surface area contributed by atoms with Gasteiger partial charge >= 0.3 is 0 Å². The van der Waals surface area contributed by atoms with Crippen LogP contribution in [0.5, 0.6) is 0 Å². The highest BCUT2D eigenvalue weighted by atomic mass is 32.2. The van der Waals surface area contributed by atoms with E-state index in [2.05, 4.69) is 14.9 Å². The molecule has 3 aromatic rings. The maximum Gasteiger partial charge on any atom is 0.280 e. The summed E-state index contributed by atoms with van der Waals surface area (Å²) in [5.74, 6) is 0.291. The molecular formula is C17H14N4O3S. The first-order chi connectivity index (χ1) is 11.8. The van der Waals surface area contributed by atoms with E-state index in [-0.39, 0.29) is 10.5 Å². The third kappa shape index (κ3) is 3.09. The van der Waals surface area contributed by atoms with Crippen molar-refractivity contribution in [3.63, 3.8) is 0 Å². The zero-order chi connectivity index (χ0) is 18.2. The van der Waals surface area contributed by atoms with E-state index >= 15 is 0 Å². The van der Waals surface area contributed by atoms with Gasteiger partial charge < -0.3 is 0 Å². The lowest BCUT2D eigenvalue weighted by atomic mass is 10.0. The first-order valence-corrected chi connectivity index (χ1v) is 9.16. The zero-order valence-electron chi connectivity index (χ0n) is 13.5. The molecule has 0 fully saturated rings. The second-order valence-electron chi connectivity index (χ2n) is 5.56. The van der Waals surface area contributed by atoms with E-state index in [1.54, 1.807) is 24.4 Å². The molecule has 0 saturated carbocycles. The van der Waals surface area contributed by atoms with Crippen LogP contribution < -0.4 is 5.56 Å². The molecule has 2 heterocycles. The highest BCUT2D eigenvalue weighted by molar-refractivity contribution is 7.90. The molecule has 0 bridgehead atoms. The molecule has 0 unspecified atom stereocenters. The number of hydrogen-bond acceptors (Lipinski definition) is 4. The van der Waals surface area contributed by atoms with E-state index in [1.807, 2.05) is 6.92 Å². The molecule has 0 aliphatic rings. The Labute approximate surface area is 144 Å². The first kappa shape index (κ1) is 16.7. The Morgan fingerprint density at radius 2 is 1.96 bits per heavy atom. The number of H-pyrrole nitrogens is 1. The van der Waals surface area contributed by atoms with Crippen LogP contribution in [0.25, 0.3) is 21.8 Å². The van der Waals surface area contributed by atoms with Gasteiger partial charge in [-0.3, -0.25) is 9.89 Å². The summed E-state index contributed by atoms with van der Waals surface area (Å²) in [5.41, 5.74) is 2.19. The van der Waals surface area contributed by atoms with Crippen molar-refractivity contribution in [3.8, 4) is 16.9 Å². The Morgan fingerprint density at radius 3 is 2.52 bits per heavy atom. The molecule has 25 heavy (non-hydrogen) atoms. The van der Waals surface area contributed by atoms with Gasteiger partial charge in [0, 0.05) is 18.6 Å². The van der Waals surface area contributed by atoms with Crippen molar-refractivity contribution in [2.75, 3.05) is 6.26 Å². The maximum atomic E-state index is 12.7. The van der Waals surface area contributed by atoms with Gasteiger partial charge in [-0.2, -0.15) is 0 Å². The molecule has 7 nitrogen and oxygen atoms in total. The Balaban J connectivity index is 2.05. The van der Waals surface area contributed by atoms with Crippen LogP contribution in [-0.2, 0) is 9.84 Å². The predicted octanol–water partition coefficient (Wildman–Crippen LogP) is 2.49. The minimum Gasteiger partial charge on any atom is -0.296 e. The number of nitrogens with zero attached hydrogens (tertiary/aromatic N) is 3. The topological polar surface area (TPSA) is 89.2 Å². The molecular weight excluding hydrogens is 340 g/mol. The van der Waals surface area contributed by atoms with E-state index in [9.17, 15) is 13.2 Å². The van der Waals surface area contributed by atoms with Gasteiger partial charge in [-0.15, -0.1) is 0 Å². The van der Waals surface area contributed by atoms with Gasteiger partial charge in [0.25, 0.3) is 5.56 Å². The lowest BCUT2D eigenvalue weighted by Gasteiger charge is -2.03. The number of aromatic nitrogens is 3. The van der Waals surface area contributed by atoms with Crippen molar-refractivity contribution in [2.24, 2.45) is 0 Å². The van der Waals surface area contributed by atoms with Crippen LogP contribution in [0.2, 0.25) is 0 Å². The Morgan fingerprint density at radius 1 is 1.20 bits per heavy atom. The van der Waals surface area contributed by atoms with Crippen molar-refractivity contribution in [1.82, 2.24) is 14.8 Å². The molecule has 1 aromatic carbocycles. The second-order valence-corrected chi connectivity index (χ2v) is 7.58. The molecule has 0 spiro atoms. The van der Waals surface area contributed by atoms with Gasteiger partial charge in [0.05, 0.1) is 17.0 Å². The fraction of sp³-hybridized carbons (Fsp3) is 0.118. The highest BCUT2D eigenvalue weighted by Gasteiger charge is 2.14. The quantitative estimate of drug-likeness (QED) is 0.732. The van der Waals surface area contributed by atoms with Gasteiger partial charge in [-0.05, 0) is 24.6 Å². The Kier molecular flexibility index (Phi) is 4.02. The van der Waals surface area contributed by atoms with Crippen molar-refractivity contribution in [1.29, 1.82) is 0 Å². The molecule has 0 aliphatic heterocycles. The van der Waals surface area contributed by atoms with Crippen LogP contribution in [0.3, 0.4) is 0 Å². The van der Waals surface area contributed by atoms with Crippen LogP contribution in [0.15, 0.2) is 52.4 Å². The van der Waals surface area contributed by atoms with E-state index in [4.69, 9.17) is 6.57 Å². The van der Waals surface area contributed by atoms with Crippen LogP contribution in [0, 0.1) is 13.5 Å². The predicted molar refractivity (Wildman–Crippen MR) is 93.7 cm³/mol. The van der Waals surface area contributed by atoms with Gasteiger partial charge in [-0.1, -0.05) is 23.8 Å². The fourth-order valence-electron chi connectivity index (χ4n) is 2.48. The molecule has 1 N–H and O–H groups in total. The molecule has 3 rings (SSSR count). The standard InChI is InChI=1S/C17H14N4O3S/c1-11-8-12(18-2)4-6-14(11)15-10-20-21(17(15)22)16-7-5-13(9-19-16)25(3,23)24/h4-10,20H,1,3H3. The number of sulfone groups is 1.